The van der Waals surface area contributed by atoms with Crippen molar-refractivity contribution in [2.75, 3.05) is 13.1 Å². The topological polar surface area (TPSA) is 9.23 Å². The van der Waals surface area contributed by atoms with Crippen LogP contribution in [0.1, 0.15) is 18.8 Å². The second-order valence-electron chi connectivity index (χ2n) is 1.47. The van der Waals surface area contributed by atoms with Crippen molar-refractivity contribution < 1.29 is 10.2 Å². The zero-order valence-electron chi connectivity index (χ0n) is 7.69. The summed E-state index contributed by atoms with van der Waals surface area (Å²) < 4.78 is 33.0. The van der Waals surface area contributed by atoms with E-state index in [1.165, 1.54) is 0 Å². The van der Waals surface area contributed by atoms with Crippen LogP contribution in [0.3, 0.4) is 0 Å². The van der Waals surface area contributed by atoms with Crippen LogP contribution >= 0.6 is 0 Å². The number of rotatable bonds is 0. The summed E-state index contributed by atoms with van der Waals surface area (Å²) in [4.78, 5) is 0. The lowest BCUT2D eigenvalue weighted by Gasteiger charge is -1.89. The minimum absolute atomic E-state index is 0.139. The van der Waals surface area contributed by atoms with Gasteiger partial charge in [0, 0.05) is 13.1 Å². The highest BCUT2D eigenvalue weighted by molar-refractivity contribution is 4.55. The predicted octanol–water partition coefficient (Wildman–Crippen LogP) is 1.04. The Balaban J connectivity index is 2.71. The molecule has 0 aromatic carbocycles. The van der Waals surface area contributed by atoms with E-state index in [0.717, 1.165) is 0 Å². The fourth-order valence-corrected chi connectivity index (χ4v) is 0.351. The molecule has 0 aliphatic carbocycles. The maximum atomic E-state index is 7.15. The van der Waals surface area contributed by atoms with E-state index in [2.05, 4.69) is 4.74 Å². The number of hydrogen-bond acceptors (Lipinski definition) is 1. The molecule has 0 aromatic rings. The van der Waals surface area contributed by atoms with Crippen LogP contribution in [0.2, 0.25) is 0 Å². The summed E-state index contributed by atoms with van der Waals surface area (Å²) in [5.41, 5.74) is 0. The van der Waals surface area contributed by atoms with Crippen LogP contribution in [-0.2, 0) is 4.74 Å². The van der Waals surface area contributed by atoms with Crippen molar-refractivity contribution in [3.05, 3.63) is 0 Å². The SMILES string of the molecule is [2H]C1([2H])CC(C)C([2H])([2H])O1. The fraction of sp³-hybridized carbons (Fsp3) is 1.00. The first-order valence-electron chi connectivity index (χ1n) is 4.04. The first-order valence-corrected chi connectivity index (χ1v) is 2.04. The molecule has 1 aliphatic heterocycles. The minimum atomic E-state index is -1.79. The van der Waals surface area contributed by atoms with E-state index in [1.54, 1.807) is 6.92 Å². The predicted molar refractivity (Wildman–Crippen MR) is 24.6 cm³/mol. The zero-order valence-corrected chi connectivity index (χ0v) is 3.69. The molecule has 1 heterocycles. The summed E-state index contributed by atoms with van der Waals surface area (Å²) in [6.45, 7) is -1.92. The van der Waals surface area contributed by atoms with Gasteiger partial charge in [-0.05, 0) is 12.3 Å². The molecule has 6 heavy (non-hydrogen) atoms. The van der Waals surface area contributed by atoms with E-state index in [9.17, 15) is 0 Å². The van der Waals surface area contributed by atoms with E-state index in [-0.39, 0.29) is 12.3 Å². The summed E-state index contributed by atoms with van der Waals surface area (Å²) in [6.07, 6.45) is 0.139. The van der Waals surface area contributed by atoms with Gasteiger partial charge in [-0.1, -0.05) is 6.92 Å². The van der Waals surface area contributed by atoms with E-state index >= 15 is 0 Å². The molecule has 36 valence electrons. The van der Waals surface area contributed by atoms with Gasteiger partial charge in [0.2, 0.25) is 0 Å². The molecule has 0 saturated carbocycles. The van der Waals surface area contributed by atoms with E-state index in [1.807, 2.05) is 0 Å². The van der Waals surface area contributed by atoms with Gasteiger partial charge in [-0.3, -0.25) is 0 Å². The molecule has 1 rings (SSSR count). The van der Waals surface area contributed by atoms with Gasteiger partial charge in [-0.15, -0.1) is 0 Å². The Hall–Kier alpha value is -0.0400. The third-order valence-corrected chi connectivity index (χ3v) is 0.722. The molecule has 1 nitrogen and oxygen atoms in total. The Bertz CT molecular complexity index is 145. The highest BCUT2D eigenvalue weighted by Crippen LogP contribution is 2.09. The Morgan fingerprint density at radius 2 is 2.83 bits per heavy atom. The van der Waals surface area contributed by atoms with Crippen molar-refractivity contribution >= 4 is 0 Å². The Labute approximate surface area is 43.9 Å². The molecule has 1 aliphatic rings. The highest BCUT2D eigenvalue weighted by atomic mass is 16.5. The van der Waals surface area contributed by atoms with Crippen LogP contribution in [0.15, 0.2) is 0 Å². The van der Waals surface area contributed by atoms with Gasteiger partial charge < -0.3 is 4.74 Å². The van der Waals surface area contributed by atoms with Gasteiger partial charge in [0.25, 0.3) is 0 Å². The quantitative estimate of drug-likeness (QED) is 0.432. The smallest absolute Gasteiger partial charge is 0.0569 e. The Kier molecular flexibility index (Phi) is 0.396. The van der Waals surface area contributed by atoms with E-state index in [4.69, 9.17) is 5.48 Å². The van der Waals surface area contributed by atoms with E-state index in [0.29, 0.717) is 0 Å². The normalized spacial score (nSPS) is 61.2. The number of ether oxygens (including phenoxy) is 1. The molecule has 1 atom stereocenters. The van der Waals surface area contributed by atoms with Gasteiger partial charge >= 0.3 is 0 Å². The third kappa shape index (κ3) is 0.716. The zero-order chi connectivity index (χ0) is 7.99. The lowest BCUT2D eigenvalue weighted by Crippen LogP contribution is -1.88. The van der Waals surface area contributed by atoms with Gasteiger partial charge in [-0.2, -0.15) is 0 Å². The maximum Gasteiger partial charge on any atom is 0.0569 e. The largest absolute Gasteiger partial charge is 0.381 e. The van der Waals surface area contributed by atoms with Crippen LogP contribution in [0, 0.1) is 5.92 Å². The summed E-state index contributed by atoms with van der Waals surface area (Å²) in [5.74, 6) is -0.359. The molecule has 0 bridgehead atoms. The molecular formula is C5H10O. The lowest BCUT2D eigenvalue weighted by atomic mass is 10.2. The van der Waals surface area contributed by atoms with Crippen molar-refractivity contribution in [2.24, 2.45) is 5.92 Å². The average Bonchev–Trinajstić information content (AvgIpc) is 1.73. The molecule has 0 aromatic heterocycles. The first kappa shape index (κ1) is 1.48. The van der Waals surface area contributed by atoms with Crippen LogP contribution in [0.25, 0.3) is 0 Å². The van der Waals surface area contributed by atoms with Crippen molar-refractivity contribution in [3.63, 3.8) is 0 Å². The molecule has 1 unspecified atom stereocenters. The monoisotopic (exact) mass is 90.1 g/mol. The van der Waals surface area contributed by atoms with Crippen LogP contribution in [0.4, 0.5) is 0 Å². The summed E-state index contributed by atoms with van der Waals surface area (Å²) in [6, 6.07) is 0. The van der Waals surface area contributed by atoms with Crippen molar-refractivity contribution in [1.29, 1.82) is 0 Å². The van der Waals surface area contributed by atoms with Gasteiger partial charge in [-0.25, -0.2) is 0 Å². The van der Waals surface area contributed by atoms with Crippen LogP contribution in [-0.4, -0.2) is 13.1 Å². The van der Waals surface area contributed by atoms with Gasteiger partial charge in [0.05, 0.1) is 5.48 Å². The molecular weight excluding hydrogens is 76.1 g/mol. The summed E-state index contributed by atoms with van der Waals surface area (Å²) in [5, 5.41) is 0. The van der Waals surface area contributed by atoms with Gasteiger partial charge in [0.15, 0.2) is 0 Å². The molecule has 1 heteroatoms. The summed E-state index contributed by atoms with van der Waals surface area (Å²) in [7, 11) is 0. The van der Waals surface area contributed by atoms with Crippen molar-refractivity contribution in [1.82, 2.24) is 0 Å². The Morgan fingerprint density at radius 3 is 3.00 bits per heavy atom. The van der Waals surface area contributed by atoms with E-state index < -0.39 is 13.1 Å². The van der Waals surface area contributed by atoms with Crippen LogP contribution < -0.4 is 0 Å². The third-order valence-electron chi connectivity index (χ3n) is 0.722. The maximum absolute atomic E-state index is 7.15. The molecule has 0 N–H and O–H groups in total. The average molecular weight is 90.2 g/mol. The second kappa shape index (κ2) is 1.61. The molecule has 0 radical (unpaired) electrons. The Morgan fingerprint density at radius 1 is 2.00 bits per heavy atom. The molecule has 1 fully saturated rings. The fourth-order valence-electron chi connectivity index (χ4n) is 0.351. The number of hydrogen-bond donors (Lipinski definition) is 0. The van der Waals surface area contributed by atoms with Crippen LogP contribution in [0.5, 0.6) is 0 Å². The van der Waals surface area contributed by atoms with Gasteiger partial charge in [0.1, 0.15) is 0 Å². The highest BCUT2D eigenvalue weighted by Gasteiger charge is 2.07. The minimum Gasteiger partial charge on any atom is -0.381 e. The summed E-state index contributed by atoms with van der Waals surface area (Å²) >= 11 is 0. The van der Waals surface area contributed by atoms with Crippen molar-refractivity contribution in [2.45, 2.75) is 13.3 Å². The molecule has 0 amide bonds. The first-order chi connectivity index (χ1) is 4.33. The van der Waals surface area contributed by atoms with Crippen molar-refractivity contribution in [3.8, 4) is 0 Å². The lowest BCUT2D eigenvalue weighted by molar-refractivity contribution is 0.188. The molecule has 0 spiro atoms. The molecule has 1 saturated heterocycles. The standard InChI is InChI=1S/C5H10O/c1-5-2-3-6-4-5/h5H,2-4H2,1H3/i3D2,4D2. The second-order valence-corrected chi connectivity index (χ2v) is 1.47.